The molecule has 0 atom stereocenters. The molecule has 2 aromatic rings. The van der Waals surface area contributed by atoms with Crippen LogP contribution in [0.2, 0.25) is 0 Å². The second-order valence-corrected chi connectivity index (χ2v) is 4.37. The lowest BCUT2D eigenvalue weighted by Gasteiger charge is -2.10. The molecule has 0 bridgehead atoms. The largest absolute Gasteiger partial charge is 0.456 e. The number of rotatable bonds is 3. The maximum absolute atomic E-state index is 10.8. The van der Waals surface area contributed by atoms with E-state index in [0.29, 0.717) is 22.6 Å². The van der Waals surface area contributed by atoms with Crippen molar-refractivity contribution in [1.82, 2.24) is 0 Å². The zero-order chi connectivity index (χ0) is 14.7. The maximum Gasteiger partial charge on any atom is 0.272 e. The van der Waals surface area contributed by atoms with Crippen LogP contribution in [0.25, 0.3) is 0 Å². The van der Waals surface area contributed by atoms with Gasteiger partial charge in [0.2, 0.25) is 0 Å². The van der Waals surface area contributed by atoms with Gasteiger partial charge in [0, 0.05) is 11.6 Å². The monoisotopic (exact) mass is 268 g/mol. The Morgan fingerprint density at radius 2 is 1.95 bits per heavy atom. The molecule has 0 saturated carbocycles. The number of ether oxygens (including phenoxy) is 1. The Morgan fingerprint density at radius 1 is 1.20 bits per heavy atom. The first kappa shape index (κ1) is 13.6. The summed E-state index contributed by atoms with van der Waals surface area (Å²) in [5.41, 5.74) is 1.82. The summed E-state index contributed by atoms with van der Waals surface area (Å²) in [5, 5.41) is 19.8. The number of hydrogen-bond acceptors (Lipinski definition) is 4. The minimum Gasteiger partial charge on any atom is -0.456 e. The van der Waals surface area contributed by atoms with E-state index in [0.717, 1.165) is 5.56 Å². The van der Waals surface area contributed by atoms with Crippen LogP contribution in [0, 0.1) is 35.3 Å². The van der Waals surface area contributed by atoms with Crippen LogP contribution >= 0.6 is 0 Å². The Balaban J connectivity index is 2.39. The van der Waals surface area contributed by atoms with Crippen LogP contribution in [0.5, 0.6) is 11.5 Å². The van der Waals surface area contributed by atoms with Gasteiger partial charge in [-0.2, -0.15) is 5.26 Å². The SMILES string of the molecule is Cc1cc(Oc2c(C)cccc2C#N)ccc1[N+](=O)[O-]. The molecule has 100 valence electrons. The Kier molecular flexibility index (Phi) is 3.67. The van der Waals surface area contributed by atoms with Crippen LogP contribution in [0.1, 0.15) is 16.7 Å². The van der Waals surface area contributed by atoms with E-state index in [2.05, 4.69) is 6.07 Å². The molecular weight excluding hydrogens is 256 g/mol. The van der Waals surface area contributed by atoms with Crippen molar-refractivity contribution in [2.24, 2.45) is 0 Å². The summed E-state index contributed by atoms with van der Waals surface area (Å²) in [6, 6.07) is 11.9. The van der Waals surface area contributed by atoms with E-state index in [9.17, 15) is 10.1 Å². The number of aryl methyl sites for hydroxylation is 2. The van der Waals surface area contributed by atoms with Gasteiger partial charge in [0.1, 0.15) is 17.6 Å². The van der Waals surface area contributed by atoms with Crippen LogP contribution in [0.3, 0.4) is 0 Å². The van der Waals surface area contributed by atoms with Gasteiger partial charge in [-0.15, -0.1) is 0 Å². The summed E-state index contributed by atoms with van der Waals surface area (Å²) in [5.74, 6) is 0.946. The third kappa shape index (κ3) is 2.59. The number of nitriles is 1. The van der Waals surface area contributed by atoms with Crippen molar-refractivity contribution in [2.75, 3.05) is 0 Å². The molecule has 0 aliphatic rings. The van der Waals surface area contributed by atoms with E-state index in [-0.39, 0.29) is 5.69 Å². The Labute approximate surface area is 116 Å². The number of nitrogens with zero attached hydrogens (tertiary/aromatic N) is 2. The van der Waals surface area contributed by atoms with Gasteiger partial charge in [-0.3, -0.25) is 10.1 Å². The third-order valence-electron chi connectivity index (χ3n) is 2.92. The van der Waals surface area contributed by atoms with Gasteiger partial charge in [0.15, 0.2) is 0 Å². The zero-order valence-electron chi connectivity index (χ0n) is 11.1. The highest BCUT2D eigenvalue weighted by molar-refractivity contribution is 5.51. The topological polar surface area (TPSA) is 76.2 Å². The minimum atomic E-state index is -0.437. The summed E-state index contributed by atoms with van der Waals surface area (Å²) >= 11 is 0. The zero-order valence-corrected chi connectivity index (χ0v) is 11.1. The highest BCUT2D eigenvalue weighted by Crippen LogP contribution is 2.31. The average molecular weight is 268 g/mol. The standard InChI is InChI=1S/C15H12N2O3/c1-10-4-3-5-12(9-16)15(10)20-13-6-7-14(17(18)19)11(2)8-13/h3-8H,1-2H3. The molecule has 0 aliphatic heterocycles. The first-order valence-electron chi connectivity index (χ1n) is 5.95. The second-order valence-electron chi connectivity index (χ2n) is 4.37. The van der Waals surface area contributed by atoms with E-state index in [4.69, 9.17) is 10.00 Å². The molecule has 2 rings (SSSR count). The lowest BCUT2D eigenvalue weighted by molar-refractivity contribution is -0.385. The molecule has 0 radical (unpaired) electrons. The number of nitro benzene ring substituents is 1. The maximum atomic E-state index is 10.8. The number of benzene rings is 2. The van der Waals surface area contributed by atoms with Crippen LogP contribution in [0.15, 0.2) is 36.4 Å². The molecule has 5 heteroatoms. The van der Waals surface area contributed by atoms with Crippen molar-refractivity contribution in [3.05, 3.63) is 63.2 Å². The fourth-order valence-corrected chi connectivity index (χ4v) is 1.89. The summed E-state index contributed by atoms with van der Waals surface area (Å²) < 4.78 is 5.70. The van der Waals surface area contributed by atoms with E-state index in [1.165, 1.54) is 12.1 Å². The van der Waals surface area contributed by atoms with Gasteiger partial charge >= 0.3 is 0 Å². The normalized spacial score (nSPS) is 9.85. The van der Waals surface area contributed by atoms with Crippen molar-refractivity contribution in [1.29, 1.82) is 5.26 Å². The van der Waals surface area contributed by atoms with E-state index < -0.39 is 4.92 Å². The fourth-order valence-electron chi connectivity index (χ4n) is 1.89. The minimum absolute atomic E-state index is 0.0441. The molecule has 0 aliphatic carbocycles. The number of hydrogen-bond donors (Lipinski definition) is 0. The number of nitro groups is 1. The quantitative estimate of drug-likeness (QED) is 0.625. The van der Waals surface area contributed by atoms with Crippen molar-refractivity contribution in [3.8, 4) is 17.6 Å². The summed E-state index contributed by atoms with van der Waals surface area (Å²) in [6.45, 7) is 3.49. The molecule has 0 unspecified atom stereocenters. The first-order valence-corrected chi connectivity index (χ1v) is 5.95. The van der Waals surface area contributed by atoms with Gasteiger partial charge in [0.25, 0.3) is 5.69 Å². The van der Waals surface area contributed by atoms with Crippen LogP contribution < -0.4 is 4.74 Å². The molecule has 20 heavy (non-hydrogen) atoms. The predicted octanol–water partition coefficient (Wildman–Crippen LogP) is 3.88. The highest BCUT2D eigenvalue weighted by Gasteiger charge is 2.13. The Hall–Kier alpha value is -2.87. The third-order valence-corrected chi connectivity index (χ3v) is 2.92. The van der Waals surface area contributed by atoms with Crippen LogP contribution in [-0.2, 0) is 0 Å². The Morgan fingerprint density at radius 3 is 2.55 bits per heavy atom. The molecule has 0 heterocycles. The predicted molar refractivity (Wildman–Crippen MR) is 73.8 cm³/mol. The molecular formula is C15H12N2O3. The lowest BCUT2D eigenvalue weighted by Crippen LogP contribution is -1.94. The Bertz CT molecular complexity index is 718. The first-order chi connectivity index (χ1) is 9.52. The van der Waals surface area contributed by atoms with E-state index >= 15 is 0 Å². The summed E-state index contributed by atoms with van der Waals surface area (Å²) in [4.78, 5) is 10.3. The van der Waals surface area contributed by atoms with Gasteiger partial charge in [-0.05, 0) is 37.6 Å². The fraction of sp³-hybridized carbons (Fsp3) is 0.133. The van der Waals surface area contributed by atoms with Crippen LogP contribution in [0.4, 0.5) is 5.69 Å². The smallest absolute Gasteiger partial charge is 0.272 e. The molecule has 0 fully saturated rings. The summed E-state index contributed by atoms with van der Waals surface area (Å²) in [6.07, 6.45) is 0. The van der Waals surface area contributed by atoms with Gasteiger partial charge < -0.3 is 4.74 Å². The summed E-state index contributed by atoms with van der Waals surface area (Å²) in [7, 11) is 0. The molecule has 0 aromatic heterocycles. The van der Waals surface area contributed by atoms with Gasteiger partial charge in [-0.25, -0.2) is 0 Å². The van der Waals surface area contributed by atoms with Gasteiger partial charge in [-0.1, -0.05) is 12.1 Å². The van der Waals surface area contributed by atoms with Crippen molar-refractivity contribution < 1.29 is 9.66 Å². The molecule has 5 nitrogen and oxygen atoms in total. The van der Waals surface area contributed by atoms with Crippen molar-refractivity contribution in [3.63, 3.8) is 0 Å². The number of para-hydroxylation sites is 1. The van der Waals surface area contributed by atoms with Gasteiger partial charge in [0.05, 0.1) is 10.5 Å². The van der Waals surface area contributed by atoms with Crippen LogP contribution in [-0.4, -0.2) is 4.92 Å². The van der Waals surface area contributed by atoms with Crippen molar-refractivity contribution in [2.45, 2.75) is 13.8 Å². The van der Waals surface area contributed by atoms with E-state index in [1.807, 2.05) is 13.0 Å². The lowest BCUT2D eigenvalue weighted by atomic mass is 10.1. The van der Waals surface area contributed by atoms with Crippen molar-refractivity contribution >= 4 is 5.69 Å². The highest BCUT2D eigenvalue weighted by atomic mass is 16.6. The van der Waals surface area contributed by atoms with E-state index in [1.54, 1.807) is 25.1 Å². The average Bonchev–Trinajstić information content (AvgIpc) is 2.40. The molecule has 0 N–H and O–H groups in total. The molecule has 0 amide bonds. The second kappa shape index (κ2) is 5.41. The molecule has 0 saturated heterocycles. The molecule has 0 spiro atoms. The molecule has 2 aromatic carbocycles.